The molecule has 0 saturated carbocycles. The molecule has 0 radical (unpaired) electrons. The van der Waals surface area contributed by atoms with Crippen molar-refractivity contribution >= 4 is 17.3 Å². The second kappa shape index (κ2) is 7.91. The van der Waals surface area contributed by atoms with Crippen LogP contribution in [0.25, 0.3) is 0 Å². The summed E-state index contributed by atoms with van der Waals surface area (Å²) in [7, 11) is 1.40. The van der Waals surface area contributed by atoms with E-state index in [2.05, 4.69) is 10.3 Å². The Morgan fingerprint density at radius 1 is 1.29 bits per heavy atom. The van der Waals surface area contributed by atoms with Gasteiger partial charge >= 0.3 is 6.18 Å². The van der Waals surface area contributed by atoms with E-state index in [4.69, 9.17) is 15.2 Å². The van der Waals surface area contributed by atoms with E-state index in [1.165, 1.54) is 13.3 Å². The minimum Gasteiger partial charge on any atom is -0.481 e. The summed E-state index contributed by atoms with van der Waals surface area (Å²) >= 11 is 0. The quantitative estimate of drug-likeness (QED) is 0.584. The topological polar surface area (TPSA) is 86.5 Å². The summed E-state index contributed by atoms with van der Waals surface area (Å²) in [5, 5.41) is 2.54. The van der Waals surface area contributed by atoms with Crippen LogP contribution >= 0.6 is 0 Å². The largest absolute Gasteiger partial charge is 0.481 e. The number of methoxy groups -OCH3 is 1. The van der Waals surface area contributed by atoms with Crippen LogP contribution in [0.15, 0.2) is 18.3 Å². The van der Waals surface area contributed by atoms with Crippen LogP contribution in [0.1, 0.15) is 28.4 Å². The number of nitrogens with two attached hydrogens (primary N) is 1. The number of carbonyl (C=O) groups is 1. The van der Waals surface area contributed by atoms with Crippen LogP contribution in [0.3, 0.4) is 0 Å². The van der Waals surface area contributed by atoms with Crippen molar-refractivity contribution in [3.63, 3.8) is 0 Å². The molecule has 28 heavy (non-hydrogen) atoms. The number of pyridine rings is 1. The number of carbonyl (C=O) groups excluding carboxylic acids is 1. The number of halogens is 4. The Morgan fingerprint density at radius 3 is 2.50 bits per heavy atom. The number of rotatable bonds is 5. The monoisotopic (exact) mass is 401 g/mol. The molecule has 0 aliphatic rings. The van der Waals surface area contributed by atoms with Gasteiger partial charge in [-0.3, -0.25) is 4.79 Å². The van der Waals surface area contributed by atoms with E-state index in [1.54, 1.807) is 13.8 Å². The van der Waals surface area contributed by atoms with Crippen LogP contribution in [-0.2, 0) is 0 Å². The van der Waals surface area contributed by atoms with Crippen molar-refractivity contribution in [1.29, 1.82) is 0 Å². The van der Waals surface area contributed by atoms with Crippen LogP contribution in [0, 0.1) is 19.7 Å². The molecule has 10 heteroatoms. The molecule has 0 aliphatic carbocycles. The molecule has 1 aromatic heterocycles. The third-order valence-electron chi connectivity index (χ3n) is 4.01. The molecule has 2 rings (SSSR count). The standard InChI is InChI=1S/C18H19F4N3O3/c1-8-7-24-17(27-4)9(2)15(8)25-16(26)11-5-12(19)13(23)6-14(11)28-10(3)18(20,21)22/h5-7,10H,23H2,1-4H3,(H,24,25,26)/t10-/m0/s1. The predicted molar refractivity (Wildman–Crippen MR) is 95.2 cm³/mol. The second-order valence-corrected chi connectivity index (χ2v) is 6.08. The number of nitrogens with one attached hydrogen (secondary N) is 1. The zero-order valence-corrected chi connectivity index (χ0v) is 15.6. The number of alkyl halides is 3. The smallest absolute Gasteiger partial charge is 0.425 e. The number of anilines is 2. The predicted octanol–water partition coefficient (Wildman–Crippen LogP) is 4.01. The summed E-state index contributed by atoms with van der Waals surface area (Å²) in [5.41, 5.74) is 5.95. The maximum atomic E-state index is 13.9. The lowest BCUT2D eigenvalue weighted by molar-refractivity contribution is -0.189. The fraction of sp³-hybridized carbons (Fsp3) is 0.333. The highest BCUT2D eigenvalue weighted by Crippen LogP contribution is 2.32. The lowest BCUT2D eigenvalue weighted by Gasteiger charge is -2.20. The minimum absolute atomic E-state index is 0.256. The van der Waals surface area contributed by atoms with Gasteiger partial charge < -0.3 is 20.5 Å². The Labute approximate surface area is 158 Å². The van der Waals surface area contributed by atoms with Crippen LogP contribution < -0.4 is 20.5 Å². The van der Waals surface area contributed by atoms with E-state index in [1.807, 2.05) is 0 Å². The average molecular weight is 401 g/mol. The lowest BCUT2D eigenvalue weighted by Crippen LogP contribution is -2.32. The van der Waals surface area contributed by atoms with Gasteiger partial charge in [-0.2, -0.15) is 13.2 Å². The highest BCUT2D eigenvalue weighted by Gasteiger charge is 2.38. The Balaban J connectivity index is 2.44. The van der Waals surface area contributed by atoms with Crippen molar-refractivity contribution in [1.82, 2.24) is 4.98 Å². The summed E-state index contributed by atoms with van der Waals surface area (Å²) in [5.74, 6) is -2.07. The van der Waals surface area contributed by atoms with Gasteiger partial charge in [-0.05, 0) is 32.4 Å². The number of hydrogen-bond acceptors (Lipinski definition) is 5. The summed E-state index contributed by atoms with van der Waals surface area (Å²) in [6.45, 7) is 4.08. The van der Waals surface area contributed by atoms with Gasteiger partial charge in [-0.1, -0.05) is 0 Å². The van der Waals surface area contributed by atoms with Crippen molar-refractivity contribution in [3.05, 3.63) is 40.8 Å². The van der Waals surface area contributed by atoms with Crippen molar-refractivity contribution < 1.29 is 31.8 Å². The molecule has 0 unspecified atom stereocenters. The number of ether oxygens (including phenoxy) is 2. The van der Waals surface area contributed by atoms with Gasteiger partial charge in [-0.25, -0.2) is 9.37 Å². The summed E-state index contributed by atoms with van der Waals surface area (Å²) < 4.78 is 62.3. The minimum atomic E-state index is -4.68. The van der Waals surface area contributed by atoms with Crippen molar-refractivity contribution in [2.24, 2.45) is 0 Å². The summed E-state index contributed by atoms with van der Waals surface area (Å²) in [4.78, 5) is 16.7. The molecule has 3 N–H and O–H groups in total. The molecule has 152 valence electrons. The lowest BCUT2D eigenvalue weighted by atomic mass is 10.1. The number of benzene rings is 1. The van der Waals surface area contributed by atoms with E-state index in [0.29, 0.717) is 16.8 Å². The maximum Gasteiger partial charge on any atom is 0.425 e. The van der Waals surface area contributed by atoms with Gasteiger partial charge in [0.2, 0.25) is 5.88 Å². The normalized spacial score (nSPS) is 12.4. The molecule has 0 bridgehead atoms. The Kier molecular flexibility index (Phi) is 6.01. The van der Waals surface area contributed by atoms with Crippen molar-refractivity contribution in [3.8, 4) is 11.6 Å². The number of nitrogens with zero attached hydrogens (tertiary/aromatic N) is 1. The van der Waals surface area contributed by atoms with E-state index in [-0.39, 0.29) is 5.88 Å². The van der Waals surface area contributed by atoms with Crippen LogP contribution in [0.4, 0.5) is 28.9 Å². The van der Waals surface area contributed by atoms with Crippen molar-refractivity contribution in [2.45, 2.75) is 33.1 Å². The molecule has 1 heterocycles. The van der Waals surface area contributed by atoms with Gasteiger partial charge in [0.15, 0.2) is 6.10 Å². The molecule has 0 fully saturated rings. The van der Waals surface area contributed by atoms with E-state index >= 15 is 0 Å². The number of amides is 1. The first-order valence-corrected chi connectivity index (χ1v) is 8.09. The third-order valence-corrected chi connectivity index (χ3v) is 4.01. The van der Waals surface area contributed by atoms with Gasteiger partial charge in [-0.15, -0.1) is 0 Å². The van der Waals surface area contributed by atoms with E-state index < -0.39 is 41.0 Å². The molecular formula is C18H19F4N3O3. The van der Waals surface area contributed by atoms with Crippen LogP contribution in [0.2, 0.25) is 0 Å². The zero-order chi connectivity index (χ0) is 21.2. The Morgan fingerprint density at radius 2 is 1.93 bits per heavy atom. The zero-order valence-electron chi connectivity index (χ0n) is 15.6. The number of hydrogen-bond donors (Lipinski definition) is 2. The summed E-state index contributed by atoms with van der Waals surface area (Å²) in [6, 6.07) is 1.57. The van der Waals surface area contributed by atoms with Crippen LogP contribution in [0.5, 0.6) is 11.6 Å². The average Bonchev–Trinajstić information content (AvgIpc) is 2.60. The molecular weight excluding hydrogens is 382 g/mol. The SMILES string of the molecule is COc1ncc(C)c(NC(=O)c2cc(F)c(N)cc2O[C@@H](C)C(F)(F)F)c1C. The summed E-state index contributed by atoms with van der Waals surface area (Å²) in [6.07, 6.45) is -5.45. The Bertz CT molecular complexity index is 901. The number of aromatic nitrogens is 1. The molecule has 0 spiro atoms. The first kappa shape index (κ1) is 21.3. The molecule has 1 aromatic carbocycles. The maximum absolute atomic E-state index is 13.9. The first-order valence-electron chi connectivity index (χ1n) is 8.09. The molecule has 2 aromatic rings. The van der Waals surface area contributed by atoms with Gasteiger partial charge in [0.1, 0.15) is 11.6 Å². The molecule has 0 aliphatic heterocycles. The van der Waals surface area contributed by atoms with Gasteiger partial charge in [0, 0.05) is 17.8 Å². The highest BCUT2D eigenvalue weighted by atomic mass is 19.4. The molecule has 1 amide bonds. The first-order chi connectivity index (χ1) is 13.0. The van der Waals surface area contributed by atoms with Crippen LogP contribution in [-0.4, -0.2) is 30.3 Å². The van der Waals surface area contributed by atoms with Crippen molar-refractivity contribution in [2.75, 3.05) is 18.2 Å². The molecule has 6 nitrogen and oxygen atoms in total. The third kappa shape index (κ3) is 4.44. The number of nitrogen functional groups attached to an aromatic ring is 1. The molecule has 1 atom stereocenters. The highest BCUT2D eigenvalue weighted by molar-refractivity contribution is 6.07. The second-order valence-electron chi connectivity index (χ2n) is 6.08. The van der Waals surface area contributed by atoms with Gasteiger partial charge in [0.25, 0.3) is 5.91 Å². The van der Waals surface area contributed by atoms with E-state index in [0.717, 1.165) is 19.1 Å². The van der Waals surface area contributed by atoms with Gasteiger partial charge in [0.05, 0.1) is 24.0 Å². The molecule has 0 saturated heterocycles. The number of aryl methyl sites for hydroxylation is 1. The fourth-order valence-electron chi connectivity index (χ4n) is 2.40. The fourth-order valence-corrected chi connectivity index (χ4v) is 2.40. The Hall–Kier alpha value is -3.04. The van der Waals surface area contributed by atoms with E-state index in [9.17, 15) is 22.4 Å².